The minimum Gasteiger partial charge on any atom is -0.489 e. The van der Waals surface area contributed by atoms with Crippen LogP contribution in [0, 0.1) is 5.92 Å². The minimum atomic E-state index is -2.91. The van der Waals surface area contributed by atoms with Gasteiger partial charge in [0, 0.05) is 6.54 Å². The van der Waals surface area contributed by atoms with E-state index in [0.717, 1.165) is 25.5 Å². The number of carbonyl (C=O) groups is 2. The molecule has 1 N–H and O–H groups in total. The van der Waals surface area contributed by atoms with Crippen molar-refractivity contribution in [1.82, 2.24) is 5.32 Å². The fourth-order valence-electron chi connectivity index (χ4n) is 2.17. The smallest absolute Gasteiger partial charge is 0.396 e. The number of carbonyl (C=O) groups excluding carboxylic acids is 2. The molecule has 25 heavy (non-hydrogen) atoms. The molecule has 0 heterocycles. The fraction of sp³-hybridized carbons (Fsp3) is 0.529. The quantitative estimate of drug-likeness (QED) is 0.417. The van der Waals surface area contributed by atoms with E-state index in [4.69, 9.17) is 4.74 Å². The third kappa shape index (κ3) is 6.56. The number of nitrogens with one attached hydrogen (secondary N) is 1. The molecule has 0 saturated heterocycles. The van der Waals surface area contributed by atoms with Crippen LogP contribution in [0.1, 0.15) is 24.8 Å². The van der Waals surface area contributed by atoms with E-state index >= 15 is 0 Å². The van der Waals surface area contributed by atoms with Crippen molar-refractivity contribution in [3.8, 4) is 11.5 Å². The highest BCUT2D eigenvalue weighted by molar-refractivity contribution is 6.32. The van der Waals surface area contributed by atoms with E-state index in [9.17, 15) is 18.4 Å². The van der Waals surface area contributed by atoms with E-state index in [0.29, 0.717) is 37.7 Å². The molecule has 0 bridgehead atoms. The zero-order valence-electron chi connectivity index (χ0n) is 13.9. The number of alkyl halides is 2. The molecule has 0 unspecified atom stereocenters. The second kappa shape index (κ2) is 9.19. The number of ether oxygens (including phenoxy) is 3. The van der Waals surface area contributed by atoms with Gasteiger partial charge in [-0.3, -0.25) is 4.79 Å². The summed E-state index contributed by atoms with van der Waals surface area (Å²) < 4.78 is 39.3. The number of esters is 1. The molecule has 6 nitrogen and oxygen atoms in total. The lowest BCUT2D eigenvalue weighted by Crippen LogP contribution is -2.32. The minimum absolute atomic E-state index is 0.0124. The maximum absolute atomic E-state index is 12.5. The molecule has 1 fully saturated rings. The predicted octanol–water partition coefficient (Wildman–Crippen LogP) is 2.30. The first-order valence-corrected chi connectivity index (χ1v) is 8.06. The summed E-state index contributed by atoms with van der Waals surface area (Å²) in [5, 5.41) is 2.44. The number of amides is 1. The highest BCUT2D eigenvalue weighted by atomic mass is 19.3. The summed E-state index contributed by atoms with van der Waals surface area (Å²) in [5.74, 6) is -0.945. The molecule has 0 radical (unpaired) electrons. The Labute approximate surface area is 144 Å². The highest BCUT2D eigenvalue weighted by Gasteiger charge is 2.23. The van der Waals surface area contributed by atoms with Crippen LogP contribution in [0.2, 0.25) is 0 Å². The number of aryl methyl sites for hydroxylation is 1. The summed E-state index contributed by atoms with van der Waals surface area (Å²) in [7, 11) is 1.13. The van der Waals surface area contributed by atoms with Crippen LogP contribution >= 0.6 is 0 Å². The molecule has 1 saturated carbocycles. The summed E-state index contributed by atoms with van der Waals surface area (Å²) in [6, 6.07) is 4.79. The molecule has 138 valence electrons. The standard InChI is InChI=1S/C17H21F2NO5/c1-23-16(22)15(21)20-8-2-3-11-6-7-13(25-17(18)19)14(9-11)24-10-12-4-5-12/h6-7,9,12,17H,2-5,8,10H2,1H3,(H,20,21). The van der Waals surface area contributed by atoms with Crippen molar-refractivity contribution >= 4 is 11.9 Å². The summed E-state index contributed by atoms with van der Waals surface area (Å²) in [4.78, 5) is 22.2. The molecular formula is C17H21F2NO5. The van der Waals surface area contributed by atoms with E-state index in [1.54, 1.807) is 12.1 Å². The third-order valence-electron chi connectivity index (χ3n) is 3.69. The van der Waals surface area contributed by atoms with E-state index in [-0.39, 0.29) is 5.75 Å². The lowest BCUT2D eigenvalue weighted by atomic mass is 10.1. The Morgan fingerprint density at radius 2 is 2.04 bits per heavy atom. The van der Waals surface area contributed by atoms with E-state index in [2.05, 4.69) is 14.8 Å². The van der Waals surface area contributed by atoms with Gasteiger partial charge >= 0.3 is 18.5 Å². The molecular weight excluding hydrogens is 336 g/mol. The van der Waals surface area contributed by atoms with Crippen LogP contribution in [-0.2, 0) is 20.7 Å². The van der Waals surface area contributed by atoms with Crippen LogP contribution in [-0.4, -0.2) is 38.7 Å². The largest absolute Gasteiger partial charge is 0.489 e. The molecule has 0 spiro atoms. The predicted molar refractivity (Wildman–Crippen MR) is 84.6 cm³/mol. The van der Waals surface area contributed by atoms with E-state index in [1.165, 1.54) is 6.07 Å². The summed E-state index contributed by atoms with van der Waals surface area (Å²) in [6.45, 7) is -2.14. The van der Waals surface area contributed by atoms with Crippen molar-refractivity contribution < 1.29 is 32.6 Å². The monoisotopic (exact) mass is 357 g/mol. The van der Waals surface area contributed by atoms with E-state index < -0.39 is 18.5 Å². The first-order chi connectivity index (χ1) is 12.0. The maximum Gasteiger partial charge on any atom is 0.396 e. The van der Waals surface area contributed by atoms with Gasteiger partial charge in [-0.05, 0) is 49.3 Å². The van der Waals surface area contributed by atoms with Crippen LogP contribution in [0.3, 0.4) is 0 Å². The van der Waals surface area contributed by atoms with Crippen LogP contribution in [0.25, 0.3) is 0 Å². The number of rotatable bonds is 9. The molecule has 0 aromatic heterocycles. The molecule has 8 heteroatoms. The highest BCUT2D eigenvalue weighted by Crippen LogP contribution is 2.34. The van der Waals surface area contributed by atoms with Crippen molar-refractivity contribution in [2.24, 2.45) is 5.92 Å². The SMILES string of the molecule is COC(=O)C(=O)NCCCc1ccc(OC(F)F)c(OCC2CC2)c1. The normalized spacial score (nSPS) is 13.4. The van der Waals surface area contributed by atoms with Gasteiger partial charge in [-0.25, -0.2) is 4.79 Å². The molecule has 1 aromatic carbocycles. The fourth-order valence-corrected chi connectivity index (χ4v) is 2.17. The Morgan fingerprint density at radius 3 is 2.68 bits per heavy atom. The molecule has 1 amide bonds. The number of hydrogen-bond donors (Lipinski definition) is 1. The zero-order valence-corrected chi connectivity index (χ0v) is 13.9. The van der Waals surface area contributed by atoms with E-state index in [1.807, 2.05) is 0 Å². The van der Waals surface area contributed by atoms with Crippen molar-refractivity contribution in [2.45, 2.75) is 32.3 Å². The van der Waals surface area contributed by atoms with Crippen LogP contribution in [0.5, 0.6) is 11.5 Å². The topological polar surface area (TPSA) is 73.9 Å². The summed E-state index contributed by atoms with van der Waals surface area (Å²) >= 11 is 0. The van der Waals surface area contributed by atoms with Gasteiger partial charge in [-0.2, -0.15) is 8.78 Å². The second-order valence-electron chi connectivity index (χ2n) is 5.77. The van der Waals surface area contributed by atoms with Gasteiger partial charge < -0.3 is 19.5 Å². The second-order valence-corrected chi connectivity index (χ2v) is 5.77. The van der Waals surface area contributed by atoms with Gasteiger partial charge in [0.2, 0.25) is 0 Å². The number of halogens is 2. The molecule has 0 aliphatic heterocycles. The lowest BCUT2D eigenvalue weighted by molar-refractivity contribution is -0.152. The number of methoxy groups -OCH3 is 1. The Balaban J connectivity index is 1.87. The Hall–Kier alpha value is -2.38. The molecule has 1 aliphatic carbocycles. The van der Waals surface area contributed by atoms with Gasteiger partial charge in [-0.15, -0.1) is 0 Å². The van der Waals surface area contributed by atoms with Crippen molar-refractivity contribution in [1.29, 1.82) is 0 Å². The molecule has 0 atom stereocenters. The van der Waals surface area contributed by atoms with Gasteiger partial charge in [0.15, 0.2) is 11.5 Å². The Kier molecular flexibility index (Phi) is 6.97. The van der Waals surface area contributed by atoms with Crippen molar-refractivity contribution in [2.75, 3.05) is 20.3 Å². The van der Waals surface area contributed by atoms with Crippen LogP contribution < -0.4 is 14.8 Å². The lowest BCUT2D eigenvalue weighted by Gasteiger charge is -2.13. The first kappa shape index (κ1) is 19.0. The van der Waals surface area contributed by atoms with Crippen molar-refractivity contribution in [3.63, 3.8) is 0 Å². The third-order valence-corrected chi connectivity index (χ3v) is 3.69. The van der Waals surface area contributed by atoms with Crippen molar-refractivity contribution in [3.05, 3.63) is 23.8 Å². The van der Waals surface area contributed by atoms with Gasteiger partial charge in [-0.1, -0.05) is 6.07 Å². The average Bonchev–Trinajstić information content (AvgIpc) is 3.41. The summed E-state index contributed by atoms with van der Waals surface area (Å²) in [5.41, 5.74) is 0.861. The van der Waals surface area contributed by atoms with Crippen LogP contribution in [0.15, 0.2) is 18.2 Å². The molecule has 2 rings (SSSR count). The maximum atomic E-state index is 12.5. The Bertz CT molecular complexity index is 605. The van der Waals surface area contributed by atoms with Gasteiger partial charge in [0.25, 0.3) is 0 Å². The summed E-state index contributed by atoms with van der Waals surface area (Å²) in [6.07, 6.45) is 3.32. The van der Waals surface area contributed by atoms with Crippen LogP contribution in [0.4, 0.5) is 8.78 Å². The Morgan fingerprint density at radius 1 is 1.28 bits per heavy atom. The molecule has 1 aliphatic rings. The molecule has 1 aromatic rings. The van der Waals surface area contributed by atoms with Gasteiger partial charge in [0.05, 0.1) is 13.7 Å². The first-order valence-electron chi connectivity index (χ1n) is 8.06. The van der Waals surface area contributed by atoms with Gasteiger partial charge in [0.1, 0.15) is 0 Å². The zero-order chi connectivity index (χ0) is 18.2. The number of hydrogen-bond acceptors (Lipinski definition) is 5. The number of benzene rings is 1. The average molecular weight is 357 g/mol.